The molecule has 2 atom stereocenters. The van der Waals surface area contributed by atoms with E-state index in [1.54, 1.807) is 38.1 Å². The monoisotopic (exact) mass is 389 g/mol. The molecule has 0 bridgehead atoms. The van der Waals surface area contributed by atoms with E-state index < -0.39 is 35.5 Å². The minimum absolute atomic E-state index is 0.0540. The van der Waals surface area contributed by atoms with Crippen molar-refractivity contribution in [1.82, 2.24) is 5.32 Å². The van der Waals surface area contributed by atoms with E-state index in [4.69, 9.17) is 15.3 Å². The molecule has 0 saturated heterocycles. The van der Waals surface area contributed by atoms with E-state index in [0.717, 1.165) is 0 Å². The van der Waals surface area contributed by atoms with Gasteiger partial charge in [-0.2, -0.15) is 0 Å². The second kappa shape index (κ2) is 11.0. The fraction of sp³-hybridized carbons (Fsp3) is 0.400. The molecule has 0 aliphatic rings. The van der Waals surface area contributed by atoms with E-state index >= 15 is 0 Å². The Morgan fingerprint density at radius 2 is 1.79 bits per heavy atom. The van der Waals surface area contributed by atoms with Gasteiger partial charge in [-0.05, 0) is 30.5 Å². The molecule has 0 aliphatic heterocycles. The zero-order valence-electron chi connectivity index (χ0n) is 16.3. The Balaban J connectivity index is 2.74. The summed E-state index contributed by atoms with van der Waals surface area (Å²) in [5.74, 6) is -3.33. The number of rotatable bonds is 10. The number of hydrogen-bond acceptors (Lipinski definition) is 6. The summed E-state index contributed by atoms with van der Waals surface area (Å²) < 4.78 is 4.83. The van der Waals surface area contributed by atoms with Crippen LogP contribution in [0.1, 0.15) is 26.3 Å². The lowest BCUT2D eigenvalue weighted by molar-refractivity contribution is -0.136. The normalized spacial score (nSPS) is 12.6. The molecule has 1 aromatic carbocycles. The van der Waals surface area contributed by atoms with Crippen molar-refractivity contribution in [1.29, 1.82) is 5.41 Å². The number of benzene rings is 1. The zero-order chi connectivity index (χ0) is 21.3. The van der Waals surface area contributed by atoms with Gasteiger partial charge in [-0.3, -0.25) is 15.0 Å². The van der Waals surface area contributed by atoms with Crippen LogP contribution in [-0.2, 0) is 25.7 Å². The molecule has 4 N–H and O–H groups in total. The molecule has 0 aromatic heterocycles. The Morgan fingerprint density at radius 1 is 1.18 bits per heavy atom. The number of nitrogens with one attached hydrogen (secondary N) is 3. The maximum absolute atomic E-state index is 12.6. The molecule has 0 saturated carbocycles. The highest BCUT2D eigenvalue weighted by Gasteiger charge is 2.33. The van der Waals surface area contributed by atoms with Crippen LogP contribution in [0.4, 0.5) is 5.69 Å². The lowest BCUT2D eigenvalue weighted by Crippen LogP contribution is -2.48. The summed E-state index contributed by atoms with van der Waals surface area (Å²) in [5, 5.41) is 22.2. The van der Waals surface area contributed by atoms with Crippen molar-refractivity contribution >= 4 is 29.2 Å². The first-order valence-corrected chi connectivity index (χ1v) is 8.88. The number of carbonyl (C=O) groups is 3. The molecule has 1 unspecified atom stereocenters. The van der Waals surface area contributed by atoms with Gasteiger partial charge in [0.15, 0.2) is 0 Å². The molecule has 1 rings (SSSR count). The molecule has 1 aromatic rings. The van der Waals surface area contributed by atoms with Crippen LogP contribution < -0.4 is 10.6 Å². The van der Waals surface area contributed by atoms with Crippen LogP contribution in [0.2, 0.25) is 0 Å². The Hall–Kier alpha value is -3.00. The molecule has 0 heterocycles. The number of carbonyl (C=O) groups excluding carboxylic acids is 3. The average molecular weight is 389 g/mol. The largest absolute Gasteiger partial charge is 0.457 e. The van der Waals surface area contributed by atoms with E-state index in [1.807, 2.05) is 0 Å². The average Bonchev–Trinajstić information content (AvgIpc) is 2.66. The molecule has 2 amide bonds. The van der Waals surface area contributed by atoms with Gasteiger partial charge < -0.3 is 20.5 Å². The molecule has 0 spiro atoms. The summed E-state index contributed by atoms with van der Waals surface area (Å²) >= 11 is 0. The first kappa shape index (κ1) is 23.0. The predicted octanol–water partition coefficient (Wildman–Crippen LogP) is 1.64. The van der Waals surface area contributed by atoms with Crippen molar-refractivity contribution in [3.05, 3.63) is 42.5 Å². The Bertz CT molecular complexity index is 728. The number of esters is 1. The van der Waals surface area contributed by atoms with Crippen molar-refractivity contribution in [3.8, 4) is 0 Å². The second-order valence-electron chi connectivity index (χ2n) is 6.60. The molecule has 152 valence electrons. The number of ether oxygens (including phenoxy) is 1. The summed E-state index contributed by atoms with van der Waals surface area (Å²) in [6.07, 6.45) is 1.37. The lowest BCUT2D eigenvalue weighted by Gasteiger charge is -2.22. The fourth-order valence-corrected chi connectivity index (χ4v) is 2.42. The van der Waals surface area contributed by atoms with Gasteiger partial charge >= 0.3 is 5.97 Å². The molecule has 28 heavy (non-hydrogen) atoms. The van der Waals surface area contributed by atoms with Crippen LogP contribution in [0, 0.1) is 17.2 Å². The van der Waals surface area contributed by atoms with Crippen molar-refractivity contribution in [2.75, 3.05) is 11.9 Å². The molecule has 8 nitrogen and oxygen atoms in total. The van der Waals surface area contributed by atoms with Gasteiger partial charge in [0.1, 0.15) is 18.4 Å². The number of amides is 2. The zero-order valence-corrected chi connectivity index (χ0v) is 16.3. The quantitative estimate of drug-likeness (QED) is 0.275. The van der Waals surface area contributed by atoms with Crippen LogP contribution in [0.15, 0.2) is 36.9 Å². The lowest BCUT2D eigenvalue weighted by atomic mass is 9.89. The predicted molar refractivity (Wildman–Crippen MR) is 106 cm³/mol. The molecule has 0 aliphatic carbocycles. The highest BCUT2D eigenvalue weighted by Crippen LogP contribution is 2.15. The van der Waals surface area contributed by atoms with E-state index in [0.29, 0.717) is 11.3 Å². The van der Waals surface area contributed by atoms with Gasteiger partial charge in [-0.15, -0.1) is 0 Å². The standard InChI is InChI=1S/C20H27N3O5/c1-5-10-28-20(27)17(21)16(12(2)3)19(26)22-13(4)18(25)23-15-8-6-14(11-24)7-9-15/h5-9,12-13,16,21,24H,1,10-11H2,2-4H3,(H,22,26)(H,23,25)/t13?,16-/m1/s1. The Morgan fingerprint density at radius 3 is 2.29 bits per heavy atom. The van der Waals surface area contributed by atoms with E-state index in [2.05, 4.69) is 17.2 Å². The van der Waals surface area contributed by atoms with Crippen molar-refractivity contribution in [2.24, 2.45) is 11.8 Å². The van der Waals surface area contributed by atoms with Gasteiger partial charge in [0.25, 0.3) is 0 Å². The third kappa shape index (κ3) is 6.62. The summed E-state index contributed by atoms with van der Waals surface area (Å²) in [6, 6.07) is 5.73. The van der Waals surface area contributed by atoms with Crippen molar-refractivity contribution in [2.45, 2.75) is 33.4 Å². The molecular weight excluding hydrogens is 362 g/mol. The summed E-state index contributed by atoms with van der Waals surface area (Å²) in [7, 11) is 0. The second-order valence-corrected chi connectivity index (χ2v) is 6.60. The molecule has 8 heteroatoms. The number of aliphatic hydroxyl groups excluding tert-OH is 1. The summed E-state index contributed by atoms with van der Waals surface area (Å²) in [4.78, 5) is 36.8. The minimum atomic E-state index is -1.04. The molecule has 0 radical (unpaired) electrons. The van der Waals surface area contributed by atoms with E-state index in [-0.39, 0.29) is 19.1 Å². The number of anilines is 1. The van der Waals surface area contributed by atoms with Gasteiger partial charge in [0, 0.05) is 5.69 Å². The first-order valence-electron chi connectivity index (χ1n) is 8.88. The van der Waals surface area contributed by atoms with Crippen LogP contribution >= 0.6 is 0 Å². The summed E-state index contributed by atoms with van der Waals surface area (Å²) in [5.41, 5.74) is 0.756. The smallest absolute Gasteiger partial charge is 0.353 e. The Labute approximate surface area is 164 Å². The van der Waals surface area contributed by atoms with Crippen molar-refractivity contribution in [3.63, 3.8) is 0 Å². The maximum atomic E-state index is 12.6. The number of hydrogen-bond donors (Lipinski definition) is 4. The SMILES string of the molecule is C=CCOC(=O)C(=N)[C@H](C(=O)NC(C)C(=O)Nc1ccc(CO)cc1)C(C)C. The Kier molecular flexibility index (Phi) is 9.04. The van der Waals surface area contributed by atoms with Gasteiger partial charge in [-0.25, -0.2) is 4.79 Å². The van der Waals surface area contributed by atoms with Gasteiger partial charge in [-0.1, -0.05) is 38.6 Å². The van der Waals surface area contributed by atoms with Gasteiger partial charge in [0.05, 0.1) is 12.5 Å². The third-order valence-corrected chi connectivity index (χ3v) is 3.97. The van der Waals surface area contributed by atoms with Crippen LogP contribution in [0.5, 0.6) is 0 Å². The number of aliphatic hydroxyl groups is 1. The molecular formula is C20H27N3O5. The molecule has 0 fully saturated rings. The first-order chi connectivity index (χ1) is 13.2. The fourth-order valence-electron chi connectivity index (χ4n) is 2.42. The van der Waals surface area contributed by atoms with Gasteiger partial charge in [0.2, 0.25) is 11.8 Å². The summed E-state index contributed by atoms with van der Waals surface area (Å²) in [6.45, 7) is 8.18. The van der Waals surface area contributed by atoms with E-state index in [1.165, 1.54) is 13.0 Å². The van der Waals surface area contributed by atoms with Crippen LogP contribution in [0.25, 0.3) is 0 Å². The topological polar surface area (TPSA) is 129 Å². The highest BCUT2D eigenvalue weighted by atomic mass is 16.5. The minimum Gasteiger partial charge on any atom is -0.457 e. The van der Waals surface area contributed by atoms with Crippen LogP contribution in [0.3, 0.4) is 0 Å². The third-order valence-electron chi connectivity index (χ3n) is 3.97. The highest BCUT2D eigenvalue weighted by molar-refractivity contribution is 6.39. The van der Waals surface area contributed by atoms with Crippen molar-refractivity contribution < 1.29 is 24.2 Å². The maximum Gasteiger partial charge on any atom is 0.353 e. The van der Waals surface area contributed by atoms with E-state index in [9.17, 15) is 14.4 Å². The van der Waals surface area contributed by atoms with Crippen LogP contribution in [-0.4, -0.2) is 41.3 Å².